The normalized spacial score (nSPS) is 30.5. The van der Waals surface area contributed by atoms with Gasteiger partial charge in [0.2, 0.25) is 17.5 Å². The van der Waals surface area contributed by atoms with Gasteiger partial charge in [-0.05, 0) is 13.3 Å². The number of amides is 2. The Bertz CT molecular complexity index is 956. The molecule has 2 fully saturated rings. The number of Topliss-reactive ketones (excluding diaryl/α,β-unsaturated/α-hetero) is 2. The maximum Gasteiger partial charge on any atom is 0.404 e. The number of piperazine rings is 1. The summed E-state index contributed by atoms with van der Waals surface area (Å²) in [6.07, 6.45) is 3.41. The molecule has 2 amide bonds. The molecule has 3 aliphatic heterocycles. The molecule has 4 aliphatic rings. The molecule has 0 aromatic carbocycles. The summed E-state index contributed by atoms with van der Waals surface area (Å²) in [6.45, 7) is 3.73. The topological polar surface area (TPSA) is 145 Å². The molecule has 0 aromatic rings. The SMILES string of the molecule is CCCCCCC(=O)N1C2CN3C4=C(C(=O)C(N)=C(C)C4=O)C(COC(N)=O)C3(OC)C21. The molecule has 0 saturated carbocycles. The Labute approximate surface area is 186 Å². The van der Waals surface area contributed by atoms with Crippen LogP contribution in [0.15, 0.2) is 22.5 Å². The number of hydrogen-bond acceptors (Lipinski definition) is 8. The lowest BCUT2D eigenvalue weighted by atomic mass is 9.82. The first kappa shape index (κ1) is 22.3. The first-order chi connectivity index (χ1) is 15.2. The number of ketones is 2. The highest BCUT2D eigenvalue weighted by atomic mass is 16.6. The van der Waals surface area contributed by atoms with Crippen LogP contribution in [0.4, 0.5) is 4.79 Å². The van der Waals surface area contributed by atoms with Gasteiger partial charge in [-0.2, -0.15) is 0 Å². The van der Waals surface area contributed by atoms with E-state index < -0.39 is 23.5 Å². The zero-order valence-corrected chi connectivity index (χ0v) is 18.7. The molecule has 10 heteroatoms. The Hall–Kier alpha value is -2.88. The van der Waals surface area contributed by atoms with Crippen LogP contribution in [-0.2, 0) is 23.9 Å². The molecule has 4 rings (SSSR count). The second kappa shape index (κ2) is 7.91. The van der Waals surface area contributed by atoms with Crippen LogP contribution in [0.5, 0.6) is 0 Å². The first-order valence-electron chi connectivity index (χ1n) is 11.1. The van der Waals surface area contributed by atoms with Crippen molar-refractivity contribution in [2.75, 3.05) is 20.3 Å². The highest BCUT2D eigenvalue weighted by Gasteiger charge is 2.77. The number of carbonyl (C=O) groups is 4. The van der Waals surface area contributed by atoms with E-state index in [1.807, 2.05) is 0 Å². The number of primary amides is 1. The fourth-order valence-electron chi connectivity index (χ4n) is 5.65. The van der Waals surface area contributed by atoms with Gasteiger partial charge in [0.05, 0.1) is 23.4 Å². The smallest absolute Gasteiger partial charge is 0.404 e. The quantitative estimate of drug-likeness (QED) is 0.312. The van der Waals surface area contributed by atoms with E-state index in [-0.39, 0.29) is 52.9 Å². The van der Waals surface area contributed by atoms with Crippen LogP contribution in [0.25, 0.3) is 0 Å². The van der Waals surface area contributed by atoms with E-state index in [2.05, 4.69) is 6.92 Å². The van der Waals surface area contributed by atoms with Crippen molar-refractivity contribution in [2.24, 2.45) is 17.4 Å². The maximum absolute atomic E-state index is 13.1. The van der Waals surface area contributed by atoms with Gasteiger partial charge in [0, 0.05) is 31.2 Å². The molecule has 4 N–H and O–H groups in total. The van der Waals surface area contributed by atoms with Gasteiger partial charge in [0.15, 0.2) is 5.72 Å². The van der Waals surface area contributed by atoms with Crippen LogP contribution in [-0.4, -0.2) is 71.4 Å². The van der Waals surface area contributed by atoms with Gasteiger partial charge < -0.3 is 30.7 Å². The van der Waals surface area contributed by atoms with Gasteiger partial charge in [-0.25, -0.2) is 4.79 Å². The Kier molecular flexibility index (Phi) is 5.52. The van der Waals surface area contributed by atoms with Crippen LogP contribution < -0.4 is 11.5 Å². The molecule has 0 aromatic heterocycles. The summed E-state index contributed by atoms with van der Waals surface area (Å²) in [7, 11) is 1.48. The van der Waals surface area contributed by atoms with E-state index in [0.717, 1.165) is 25.7 Å². The van der Waals surface area contributed by atoms with E-state index in [9.17, 15) is 19.2 Å². The number of methoxy groups -OCH3 is 1. The molecule has 174 valence electrons. The van der Waals surface area contributed by atoms with Crippen molar-refractivity contribution in [3.63, 3.8) is 0 Å². The molecule has 1 aliphatic carbocycles. The fourth-order valence-corrected chi connectivity index (χ4v) is 5.65. The van der Waals surface area contributed by atoms with Crippen molar-refractivity contribution in [3.8, 4) is 0 Å². The van der Waals surface area contributed by atoms with E-state index in [1.54, 1.807) is 9.80 Å². The molecular formula is C22H30N4O6. The molecule has 4 unspecified atom stereocenters. The van der Waals surface area contributed by atoms with Crippen LogP contribution in [0, 0.1) is 5.92 Å². The monoisotopic (exact) mass is 446 g/mol. The van der Waals surface area contributed by atoms with Gasteiger partial charge in [-0.3, -0.25) is 14.4 Å². The van der Waals surface area contributed by atoms with Crippen LogP contribution in [0.3, 0.4) is 0 Å². The second-order valence-corrected chi connectivity index (χ2v) is 8.83. The third-order valence-corrected chi connectivity index (χ3v) is 7.22. The van der Waals surface area contributed by atoms with Crippen molar-refractivity contribution >= 4 is 23.6 Å². The van der Waals surface area contributed by atoms with E-state index in [4.69, 9.17) is 20.9 Å². The summed E-state index contributed by atoms with van der Waals surface area (Å²) in [4.78, 5) is 54.1. The molecule has 4 atom stereocenters. The van der Waals surface area contributed by atoms with Gasteiger partial charge in [0.1, 0.15) is 12.6 Å². The summed E-state index contributed by atoms with van der Waals surface area (Å²) in [5, 5.41) is 0. The number of unbranched alkanes of at least 4 members (excludes halogenated alkanes) is 3. The van der Waals surface area contributed by atoms with Crippen molar-refractivity contribution in [2.45, 2.75) is 63.8 Å². The molecule has 10 nitrogen and oxygen atoms in total. The first-order valence-corrected chi connectivity index (χ1v) is 11.1. The predicted molar refractivity (Wildman–Crippen MR) is 113 cm³/mol. The lowest BCUT2D eigenvalue weighted by molar-refractivity contribution is -0.153. The van der Waals surface area contributed by atoms with E-state index >= 15 is 0 Å². The van der Waals surface area contributed by atoms with Crippen LogP contribution in [0.2, 0.25) is 0 Å². The standard InChI is InChI=1S/C22H30N4O6/c1-4-5-6-7-8-14(27)26-13-9-25-17-15(19(29)16(23)11(2)18(17)28)12(10-32-21(24)30)22(25,31-3)20(13)26/h12-13,20H,4-10,23H2,1-3H3,(H2,24,30). The minimum atomic E-state index is -1.19. The Balaban J connectivity index is 1.66. The number of rotatable bonds is 8. The zero-order chi connectivity index (χ0) is 23.4. The van der Waals surface area contributed by atoms with Crippen molar-refractivity contribution in [1.29, 1.82) is 0 Å². The number of hydrogen-bond donors (Lipinski definition) is 2. The van der Waals surface area contributed by atoms with Crippen LogP contribution in [0.1, 0.15) is 46.0 Å². The number of nitrogens with two attached hydrogens (primary N) is 2. The minimum absolute atomic E-state index is 0.0260. The molecule has 3 heterocycles. The van der Waals surface area contributed by atoms with Crippen molar-refractivity contribution in [1.82, 2.24) is 9.80 Å². The molecule has 0 bridgehead atoms. The summed E-state index contributed by atoms with van der Waals surface area (Å²) < 4.78 is 11.1. The fraction of sp³-hybridized carbons (Fsp3) is 0.636. The summed E-state index contributed by atoms with van der Waals surface area (Å²) in [6, 6.07) is -0.495. The third-order valence-electron chi connectivity index (χ3n) is 7.22. The maximum atomic E-state index is 13.1. The molecule has 2 saturated heterocycles. The van der Waals surface area contributed by atoms with Gasteiger partial charge in [-0.15, -0.1) is 0 Å². The minimum Gasteiger partial charge on any atom is -0.449 e. The highest BCUT2D eigenvalue weighted by molar-refractivity contribution is 6.25. The number of ether oxygens (including phenoxy) is 2. The van der Waals surface area contributed by atoms with Crippen LogP contribution >= 0.6 is 0 Å². The Morgan fingerprint density at radius 2 is 1.91 bits per heavy atom. The summed E-state index contributed by atoms with van der Waals surface area (Å²) in [5.41, 5.74) is 10.4. The van der Waals surface area contributed by atoms with Gasteiger partial charge in [-0.1, -0.05) is 26.2 Å². The average molecular weight is 447 g/mol. The number of carbonyl (C=O) groups excluding carboxylic acids is 4. The number of allylic oxidation sites excluding steroid dienone is 2. The lowest BCUT2D eigenvalue weighted by Crippen LogP contribution is -2.56. The predicted octanol–water partition coefficient (Wildman–Crippen LogP) is 0.558. The van der Waals surface area contributed by atoms with Crippen molar-refractivity contribution in [3.05, 3.63) is 22.5 Å². The van der Waals surface area contributed by atoms with Gasteiger partial charge >= 0.3 is 6.09 Å². The summed E-state index contributed by atoms with van der Waals surface area (Å²) >= 11 is 0. The highest BCUT2D eigenvalue weighted by Crippen LogP contribution is 2.59. The zero-order valence-electron chi connectivity index (χ0n) is 18.7. The Morgan fingerprint density at radius 3 is 2.53 bits per heavy atom. The second-order valence-electron chi connectivity index (χ2n) is 8.83. The molecule has 0 spiro atoms. The largest absolute Gasteiger partial charge is 0.449 e. The van der Waals surface area contributed by atoms with E-state index in [1.165, 1.54) is 14.0 Å². The van der Waals surface area contributed by atoms with E-state index in [0.29, 0.717) is 13.0 Å². The molecular weight excluding hydrogens is 416 g/mol. The molecule has 0 radical (unpaired) electrons. The van der Waals surface area contributed by atoms with Crippen molar-refractivity contribution < 1.29 is 28.7 Å². The number of fused-ring (bicyclic) bond motifs is 4. The average Bonchev–Trinajstić information content (AvgIpc) is 3.27. The Morgan fingerprint density at radius 1 is 1.19 bits per heavy atom. The van der Waals surface area contributed by atoms with Gasteiger partial charge in [0.25, 0.3) is 0 Å². The third kappa shape index (κ3) is 2.96. The lowest BCUT2D eigenvalue weighted by Gasteiger charge is -2.41. The molecule has 32 heavy (non-hydrogen) atoms. The number of nitrogens with zero attached hydrogens (tertiary/aromatic N) is 2. The summed E-state index contributed by atoms with van der Waals surface area (Å²) in [5.74, 6) is -1.60.